The summed E-state index contributed by atoms with van der Waals surface area (Å²) in [6.07, 6.45) is 0. The van der Waals surface area contributed by atoms with E-state index in [9.17, 15) is 0 Å². The molecule has 1 heterocycles. The molecule has 30 heavy (non-hydrogen) atoms. The average molecular weight is 422 g/mol. The van der Waals surface area contributed by atoms with Crippen LogP contribution in [0.2, 0.25) is 0 Å². The summed E-state index contributed by atoms with van der Waals surface area (Å²) in [5.41, 5.74) is 15.7. The number of nitrogens with two attached hydrogens (primary N) is 2. The van der Waals surface area contributed by atoms with Crippen LogP contribution in [0.25, 0.3) is 0 Å². The highest BCUT2D eigenvalue weighted by atomic mass is 32.2. The fourth-order valence-corrected chi connectivity index (χ4v) is 4.92. The summed E-state index contributed by atoms with van der Waals surface area (Å²) >= 11 is 1.78. The van der Waals surface area contributed by atoms with Crippen LogP contribution < -0.4 is 25.8 Å². The zero-order valence-electron chi connectivity index (χ0n) is 17.0. The highest BCUT2D eigenvalue weighted by Crippen LogP contribution is 2.45. The maximum absolute atomic E-state index is 6.34. The zero-order valence-corrected chi connectivity index (χ0v) is 17.8. The summed E-state index contributed by atoms with van der Waals surface area (Å²) in [4.78, 5) is 3.57. The number of hydrogen-bond donors (Lipinski definition) is 2. The van der Waals surface area contributed by atoms with Gasteiger partial charge in [-0.25, -0.2) is 0 Å². The Morgan fingerprint density at radius 2 is 1.73 bits per heavy atom. The van der Waals surface area contributed by atoms with Crippen molar-refractivity contribution in [3.63, 3.8) is 0 Å². The van der Waals surface area contributed by atoms with Gasteiger partial charge in [-0.15, -0.1) is 0 Å². The molecule has 156 valence electrons. The molecule has 0 amide bonds. The van der Waals surface area contributed by atoms with E-state index in [-0.39, 0.29) is 11.4 Å². The molecule has 3 aromatic carbocycles. The number of thioether (sulfide) groups is 1. The van der Waals surface area contributed by atoms with Gasteiger partial charge in [0.15, 0.2) is 11.5 Å². The van der Waals surface area contributed by atoms with Crippen LogP contribution in [0.4, 0.5) is 5.69 Å². The second-order valence-corrected chi connectivity index (χ2v) is 8.42. The van der Waals surface area contributed by atoms with Gasteiger partial charge in [-0.2, -0.15) is 0 Å². The van der Waals surface area contributed by atoms with Crippen LogP contribution in [0.15, 0.2) is 77.7 Å². The molecule has 1 aliphatic heterocycles. The maximum Gasteiger partial charge on any atom is 0.161 e. The fourth-order valence-electron chi connectivity index (χ4n) is 3.60. The minimum absolute atomic E-state index is 0.104. The molecule has 0 aromatic heterocycles. The zero-order chi connectivity index (χ0) is 20.9. The molecule has 0 fully saturated rings. The van der Waals surface area contributed by atoms with Crippen LogP contribution in [-0.4, -0.2) is 25.1 Å². The summed E-state index contributed by atoms with van der Waals surface area (Å²) in [7, 11) is 1.67. The van der Waals surface area contributed by atoms with Crippen LogP contribution >= 0.6 is 11.8 Å². The van der Waals surface area contributed by atoms with Gasteiger partial charge < -0.3 is 25.8 Å². The Bertz CT molecular complexity index is 983. The van der Waals surface area contributed by atoms with Crippen LogP contribution in [0, 0.1) is 0 Å². The molecule has 0 saturated heterocycles. The van der Waals surface area contributed by atoms with E-state index in [1.807, 2.05) is 42.5 Å². The van der Waals surface area contributed by atoms with Gasteiger partial charge >= 0.3 is 0 Å². The van der Waals surface area contributed by atoms with Crippen molar-refractivity contribution >= 4 is 17.4 Å². The van der Waals surface area contributed by atoms with Crippen molar-refractivity contribution in [3.8, 4) is 11.5 Å². The maximum atomic E-state index is 6.34. The minimum Gasteiger partial charge on any atom is -0.493 e. The second-order valence-electron chi connectivity index (χ2n) is 7.26. The molecular formula is C24H27N3O2S. The molecular weight excluding hydrogens is 394 g/mol. The first-order valence-corrected chi connectivity index (χ1v) is 10.9. The Kier molecular flexibility index (Phi) is 6.47. The van der Waals surface area contributed by atoms with Gasteiger partial charge in [0.05, 0.1) is 18.2 Å². The number of methoxy groups -OCH3 is 1. The normalized spacial score (nSPS) is 16.2. The first-order chi connectivity index (χ1) is 14.7. The molecule has 5 nitrogen and oxygen atoms in total. The van der Waals surface area contributed by atoms with Crippen molar-refractivity contribution in [2.45, 2.75) is 29.5 Å². The van der Waals surface area contributed by atoms with Crippen LogP contribution in [0.5, 0.6) is 11.5 Å². The Hall–Kier alpha value is -2.67. The lowest BCUT2D eigenvalue weighted by Crippen LogP contribution is -2.47. The van der Waals surface area contributed by atoms with E-state index in [2.05, 4.69) is 35.2 Å². The van der Waals surface area contributed by atoms with E-state index in [0.29, 0.717) is 13.2 Å². The molecule has 0 radical (unpaired) electrons. The lowest BCUT2D eigenvalue weighted by molar-refractivity contribution is 0.284. The standard InChI is InChI=1S/C24H27N3O2S/c1-28-22-13-18(11-12-21(22)29-16-17-7-3-2-4-8-17)15-27-20-9-5-6-10-23(20)30-24(27)19(26)14-25/h2-13,19,24H,14-16,25-26H2,1H3. The van der Waals surface area contributed by atoms with Crippen LogP contribution in [0.3, 0.4) is 0 Å². The van der Waals surface area contributed by atoms with E-state index < -0.39 is 0 Å². The van der Waals surface area contributed by atoms with Gasteiger partial charge in [-0.1, -0.05) is 60.3 Å². The molecule has 2 unspecified atom stereocenters. The Labute approximate surface area is 182 Å². The molecule has 1 aliphatic rings. The van der Waals surface area contributed by atoms with Gasteiger partial charge in [0.2, 0.25) is 0 Å². The SMILES string of the molecule is COc1cc(CN2c3ccccc3SC2C(N)CN)ccc1OCc1ccccc1. The second kappa shape index (κ2) is 9.43. The number of benzene rings is 3. The number of ether oxygens (including phenoxy) is 2. The van der Waals surface area contributed by atoms with E-state index in [1.54, 1.807) is 18.9 Å². The quantitative estimate of drug-likeness (QED) is 0.573. The third kappa shape index (κ3) is 4.41. The number of hydrogen-bond acceptors (Lipinski definition) is 6. The first-order valence-electron chi connectivity index (χ1n) is 10.0. The highest BCUT2D eigenvalue weighted by molar-refractivity contribution is 8.00. The number of fused-ring (bicyclic) bond motifs is 1. The first kappa shape index (κ1) is 20.6. The molecule has 0 saturated carbocycles. The van der Waals surface area contributed by atoms with E-state index in [1.165, 1.54) is 10.6 Å². The molecule has 2 atom stereocenters. The van der Waals surface area contributed by atoms with Gasteiger partial charge in [0.25, 0.3) is 0 Å². The molecule has 4 N–H and O–H groups in total. The van der Waals surface area contributed by atoms with Crippen molar-refractivity contribution in [1.82, 2.24) is 0 Å². The fraction of sp³-hybridized carbons (Fsp3) is 0.250. The van der Waals surface area contributed by atoms with E-state index in [0.717, 1.165) is 29.2 Å². The van der Waals surface area contributed by atoms with Gasteiger partial charge in [0, 0.05) is 24.0 Å². The summed E-state index contributed by atoms with van der Waals surface area (Å²) in [6.45, 7) is 1.66. The van der Waals surface area contributed by atoms with Crippen molar-refractivity contribution < 1.29 is 9.47 Å². The Morgan fingerprint density at radius 1 is 0.967 bits per heavy atom. The lowest BCUT2D eigenvalue weighted by atomic mass is 10.1. The van der Waals surface area contributed by atoms with Gasteiger partial charge in [-0.05, 0) is 35.4 Å². The third-order valence-electron chi connectivity index (χ3n) is 5.19. The van der Waals surface area contributed by atoms with Crippen molar-refractivity contribution in [2.75, 3.05) is 18.6 Å². The molecule has 0 bridgehead atoms. The Morgan fingerprint density at radius 3 is 2.50 bits per heavy atom. The number of anilines is 1. The monoisotopic (exact) mass is 421 g/mol. The number of rotatable bonds is 8. The summed E-state index contributed by atoms with van der Waals surface area (Å²) in [6, 6.07) is 24.5. The topological polar surface area (TPSA) is 73.7 Å². The molecule has 6 heteroatoms. The number of para-hydroxylation sites is 1. The molecule has 3 aromatic rings. The molecule has 4 rings (SSSR count). The lowest BCUT2D eigenvalue weighted by Gasteiger charge is -2.30. The van der Waals surface area contributed by atoms with Gasteiger partial charge in [0.1, 0.15) is 6.61 Å². The van der Waals surface area contributed by atoms with E-state index >= 15 is 0 Å². The van der Waals surface area contributed by atoms with Crippen LogP contribution in [-0.2, 0) is 13.2 Å². The molecule has 0 spiro atoms. The van der Waals surface area contributed by atoms with Gasteiger partial charge in [-0.3, -0.25) is 0 Å². The average Bonchev–Trinajstić information content (AvgIpc) is 3.16. The van der Waals surface area contributed by atoms with Crippen molar-refractivity contribution in [1.29, 1.82) is 0 Å². The predicted octanol–water partition coefficient (Wildman–Crippen LogP) is 4.00. The summed E-state index contributed by atoms with van der Waals surface area (Å²) < 4.78 is 11.6. The van der Waals surface area contributed by atoms with Crippen molar-refractivity contribution in [2.24, 2.45) is 11.5 Å². The summed E-state index contributed by atoms with van der Waals surface area (Å²) in [5, 5.41) is 0.104. The Balaban J connectivity index is 1.53. The largest absolute Gasteiger partial charge is 0.493 e. The minimum atomic E-state index is -0.113. The predicted molar refractivity (Wildman–Crippen MR) is 123 cm³/mol. The highest BCUT2D eigenvalue weighted by Gasteiger charge is 2.33. The number of nitrogens with zero attached hydrogens (tertiary/aromatic N) is 1. The molecule has 0 aliphatic carbocycles. The summed E-state index contributed by atoms with van der Waals surface area (Å²) in [5.74, 6) is 1.46. The van der Waals surface area contributed by atoms with E-state index in [4.69, 9.17) is 20.9 Å². The third-order valence-corrected chi connectivity index (χ3v) is 6.63. The smallest absolute Gasteiger partial charge is 0.161 e. The van der Waals surface area contributed by atoms with Crippen molar-refractivity contribution in [3.05, 3.63) is 83.9 Å². The van der Waals surface area contributed by atoms with Crippen LogP contribution in [0.1, 0.15) is 11.1 Å².